The quantitative estimate of drug-likeness (QED) is 0.533. The summed E-state index contributed by atoms with van der Waals surface area (Å²) >= 11 is 0. The fourth-order valence-electron chi connectivity index (χ4n) is 1.21. The van der Waals surface area contributed by atoms with Gasteiger partial charge in [-0.15, -0.1) is 0 Å². The zero-order valence-corrected chi connectivity index (χ0v) is 9.91. The molecular formula is C12H16O6. The molecule has 100 valence electrons. The molecule has 0 spiro atoms. The molecule has 2 unspecified atom stereocenters. The minimum absolute atomic E-state index is 0.0274. The van der Waals surface area contributed by atoms with Gasteiger partial charge >= 0.3 is 5.97 Å². The topological polar surface area (TPSA) is 107 Å². The highest BCUT2D eigenvalue weighted by Crippen LogP contribution is 2.18. The van der Waals surface area contributed by atoms with Crippen molar-refractivity contribution in [3.8, 4) is 5.75 Å². The molecule has 6 nitrogen and oxygen atoms in total. The van der Waals surface area contributed by atoms with Gasteiger partial charge in [0.2, 0.25) is 0 Å². The Hall–Kier alpha value is -1.63. The van der Waals surface area contributed by atoms with Crippen LogP contribution in [-0.2, 0) is 4.74 Å². The fourth-order valence-corrected chi connectivity index (χ4v) is 1.21. The van der Waals surface area contributed by atoms with Gasteiger partial charge in [-0.25, -0.2) is 4.79 Å². The van der Waals surface area contributed by atoms with Crippen molar-refractivity contribution in [2.24, 2.45) is 0 Å². The fraction of sp³-hybridized carbons (Fsp3) is 0.417. The van der Waals surface area contributed by atoms with E-state index in [-0.39, 0.29) is 11.3 Å². The van der Waals surface area contributed by atoms with Crippen molar-refractivity contribution in [2.75, 3.05) is 13.2 Å². The Morgan fingerprint density at radius 1 is 1.33 bits per heavy atom. The lowest BCUT2D eigenvalue weighted by molar-refractivity contribution is -0.0467. The van der Waals surface area contributed by atoms with E-state index < -0.39 is 31.4 Å². The number of benzene rings is 1. The second kappa shape index (κ2) is 6.34. The highest BCUT2D eigenvalue weighted by molar-refractivity contribution is 5.90. The summed E-state index contributed by atoms with van der Waals surface area (Å²) in [7, 11) is 0. The second-order valence-electron chi connectivity index (χ2n) is 3.92. The van der Waals surface area contributed by atoms with Crippen LogP contribution in [0.25, 0.3) is 0 Å². The van der Waals surface area contributed by atoms with E-state index in [1.807, 2.05) is 0 Å². The van der Waals surface area contributed by atoms with Gasteiger partial charge < -0.3 is 25.2 Å². The zero-order chi connectivity index (χ0) is 13.7. The minimum atomic E-state index is -1.36. The molecule has 0 aromatic heterocycles. The normalized spacial score (nSPS) is 14.0. The van der Waals surface area contributed by atoms with Gasteiger partial charge in [-0.3, -0.25) is 0 Å². The summed E-state index contributed by atoms with van der Waals surface area (Å²) in [6, 6.07) is 4.30. The van der Waals surface area contributed by atoms with E-state index in [2.05, 4.69) is 0 Å². The van der Waals surface area contributed by atoms with Crippen LogP contribution in [0.15, 0.2) is 18.2 Å². The Kier molecular flexibility index (Phi) is 5.08. The number of carbonyl (C=O) groups is 1. The molecular weight excluding hydrogens is 240 g/mol. The van der Waals surface area contributed by atoms with Gasteiger partial charge in [0.25, 0.3) is 0 Å². The van der Waals surface area contributed by atoms with E-state index in [1.165, 1.54) is 12.1 Å². The molecule has 0 aliphatic rings. The molecule has 18 heavy (non-hydrogen) atoms. The van der Waals surface area contributed by atoms with E-state index in [9.17, 15) is 15.0 Å². The van der Waals surface area contributed by atoms with Crippen LogP contribution in [0.5, 0.6) is 5.75 Å². The first-order chi connectivity index (χ1) is 8.45. The van der Waals surface area contributed by atoms with Crippen LogP contribution < -0.4 is 0 Å². The Morgan fingerprint density at radius 2 is 2.00 bits per heavy atom. The predicted molar refractivity (Wildman–Crippen MR) is 62.2 cm³/mol. The number of ether oxygens (including phenoxy) is 1. The van der Waals surface area contributed by atoms with Crippen LogP contribution in [0.1, 0.15) is 15.9 Å². The van der Waals surface area contributed by atoms with E-state index in [0.29, 0.717) is 5.56 Å². The van der Waals surface area contributed by atoms with Crippen molar-refractivity contribution in [3.05, 3.63) is 29.3 Å². The number of aliphatic hydroxyl groups is 3. The van der Waals surface area contributed by atoms with Gasteiger partial charge in [-0.2, -0.15) is 0 Å². The molecule has 1 aromatic carbocycles. The number of phenols is 1. The van der Waals surface area contributed by atoms with E-state index in [1.54, 1.807) is 13.0 Å². The maximum absolute atomic E-state index is 11.5. The minimum Gasteiger partial charge on any atom is -0.508 e. The molecule has 0 saturated heterocycles. The summed E-state index contributed by atoms with van der Waals surface area (Å²) in [5.74, 6) is -0.755. The summed E-state index contributed by atoms with van der Waals surface area (Å²) in [5, 5.41) is 36.3. The van der Waals surface area contributed by atoms with E-state index in [0.717, 1.165) is 0 Å². The predicted octanol–water partition coefficient (Wildman–Crippen LogP) is -0.428. The summed E-state index contributed by atoms with van der Waals surface area (Å²) in [5.41, 5.74) is 0.770. The van der Waals surface area contributed by atoms with Crippen LogP contribution >= 0.6 is 0 Å². The molecule has 6 heteroatoms. The number of aliphatic hydroxyl groups excluding tert-OH is 3. The van der Waals surface area contributed by atoms with Gasteiger partial charge in [0.1, 0.15) is 24.6 Å². The Morgan fingerprint density at radius 3 is 2.56 bits per heavy atom. The maximum atomic E-state index is 11.5. The van der Waals surface area contributed by atoms with E-state index >= 15 is 0 Å². The van der Waals surface area contributed by atoms with Crippen molar-refractivity contribution in [2.45, 2.75) is 19.1 Å². The number of aryl methyl sites for hydroxylation is 1. The number of rotatable bonds is 5. The third-order valence-electron chi connectivity index (χ3n) is 2.46. The molecule has 0 heterocycles. The molecule has 0 fully saturated rings. The van der Waals surface area contributed by atoms with Crippen molar-refractivity contribution in [3.63, 3.8) is 0 Å². The van der Waals surface area contributed by atoms with Gasteiger partial charge in [0, 0.05) is 0 Å². The van der Waals surface area contributed by atoms with Crippen LogP contribution in [0, 0.1) is 6.92 Å². The monoisotopic (exact) mass is 256 g/mol. The lowest BCUT2D eigenvalue weighted by atomic mass is 10.1. The highest BCUT2D eigenvalue weighted by Gasteiger charge is 2.18. The van der Waals surface area contributed by atoms with Crippen molar-refractivity contribution in [1.29, 1.82) is 0 Å². The number of hydrogen-bond acceptors (Lipinski definition) is 6. The summed E-state index contributed by atoms with van der Waals surface area (Å²) < 4.78 is 4.74. The molecule has 0 saturated carbocycles. The zero-order valence-electron chi connectivity index (χ0n) is 9.91. The van der Waals surface area contributed by atoms with Crippen LogP contribution in [0.2, 0.25) is 0 Å². The first kappa shape index (κ1) is 14.4. The van der Waals surface area contributed by atoms with Crippen molar-refractivity contribution < 1.29 is 30.0 Å². The number of hydrogen-bond donors (Lipinski definition) is 4. The first-order valence-electron chi connectivity index (χ1n) is 5.39. The van der Waals surface area contributed by atoms with Crippen LogP contribution in [0.4, 0.5) is 0 Å². The summed E-state index contributed by atoms with van der Waals surface area (Å²) in [4.78, 5) is 11.5. The molecule has 1 aromatic rings. The van der Waals surface area contributed by atoms with Gasteiger partial charge in [-0.05, 0) is 24.6 Å². The van der Waals surface area contributed by atoms with Crippen LogP contribution in [-0.4, -0.2) is 51.8 Å². The number of esters is 1. The average Bonchev–Trinajstić information content (AvgIpc) is 2.37. The molecule has 0 aliphatic carbocycles. The van der Waals surface area contributed by atoms with Crippen molar-refractivity contribution in [1.82, 2.24) is 0 Å². The Bertz CT molecular complexity index is 417. The van der Waals surface area contributed by atoms with Gasteiger partial charge in [0.05, 0.1) is 12.2 Å². The van der Waals surface area contributed by atoms with Crippen LogP contribution in [0.3, 0.4) is 0 Å². The smallest absolute Gasteiger partial charge is 0.338 e. The lowest BCUT2D eigenvalue weighted by Crippen LogP contribution is -2.34. The largest absolute Gasteiger partial charge is 0.508 e. The Balaban J connectivity index is 2.58. The third kappa shape index (κ3) is 3.69. The van der Waals surface area contributed by atoms with E-state index in [4.69, 9.17) is 14.9 Å². The second-order valence-corrected chi connectivity index (χ2v) is 3.92. The van der Waals surface area contributed by atoms with Gasteiger partial charge in [-0.1, -0.05) is 6.07 Å². The van der Waals surface area contributed by atoms with Gasteiger partial charge in [0.15, 0.2) is 0 Å². The number of carbonyl (C=O) groups excluding carboxylic acids is 1. The molecule has 0 bridgehead atoms. The molecule has 0 radical (unpaired) electrons. The molecule has 2 atom stereocenters. The number of aromatic hydroxyl groups is 1. The highest BCUT2D eigenvalue weighted by atomic mass is 16.5. The lowest BCUT2D eigenvalue weighted by Gasteiger charge is -2.15. The first-order valence-corrected chi connectivity index (χ1v) is 5.39. The summed E-state index contributed by atoms with van der Waals surface area (Å²) in [6.07, 6.45) is -2.71. The SMILES string of the molecule is Cc1ccc(C(=O)OCC(O)C(O)CO)cc1O. The third-order valence-corrected chi connectivity index (χ3v) is 2.46. The molecule has 0 aliphatic heterocycles. The number of phenolic OH excluding ortho intramolecular Hbond substituents is 1. The molecule has 0 amide bonds. The summed E-state index contributed by atoms with van der Waals surface area (Å²) in [6.45, 7) is 0.630. The standard InChI is InChI=1S/C12H16O6/c1-7-2-3-8(4-9(7)14)12(17)18-6-11(16)10(15)5-13/h2-4,10-11,13-16H,5-6H2,1H3. The maximum Gasteiger partial charge on any atom is 0.338 e. The average molecular weight is 256 g/mol. The van der Waals surface area contributed by atoms with Crippen molar-refractivity contribution >= 4 is 5.97 Å². The molecule has 1 rings (SSSR count). The molecule has 4 N–H and O–H groups in total. The Labute approximate surface area is 104 Å².